The van der Waals surface area contributed by atoms with Crippen molar-refractivity contribution >= 4 is 5.97 Å². The summed E-state index contributed by atoms with van der Waals surface area (Å²) in [6.45, 7) is 7.42. The first kappa shape index (κ1) is 24.3. The molecule has 5 heteroatoms. The third kappa shape index (κ3) is 6.83. The van der Waals surface area contributed by atoms with Crippen LogP contribution in [0.2, 0.25) is 0 Å². The number of carboxylic acid groups (broad SMARTS) is 1. The van der Waals surface area contributed by atoms with Crippen LogP contribution in [-0.2, 0) is 21.4 Å². The zero-order valence-electron chi connectivity index (χ0n) is 19.5. The van der Waals surface area contributed by atoms with E-state index in [2.05, 4.69) is 50.2 Å². The zero-order valence-corrected chi connectivity index (χ0v) is 19.5. The normalized spacial score (nSPS) is 12.2. The second-order valence-electron chi connectivity index (χ2n) is 8.34. The number of hydrogen-bond donors (Lipinski definition) is 1. The van der Waals surface area contributed by atoms with E-state index in [1.165, 1.54) is 11.1 Å². The second-order valence-corrected chi connectivity index (χ2v) is 8.34. The Morgan fingerprint density at radius 2 is 1.33 bits per heavy atom. The monoisotopic (exact) mass is 448 g/mol. The average Bonchev–Trinajstić information content (AvgIpc) is 2.83. The van der Waals surface area contributed by atoms with Gasteiger partial charge in [0.15, 0.2) is 6.10 Å². The van der Waals surface area contributed by atoms with Crippen LogP contribution in [0.4, 0.5) is 0 Å². The largest absolute Gasteiger partial charge is 0.490 e. The summed E-state index contributed by atoms with van der Waals surface area (Å²) in [6.07, 6.45) is -0.510. The van der Waals surface area contributed by atoms with Crippen molar-refractivity contribution in [3.05, 3.63) is 95.6 Å². The summed E-state index contributed by atoms with van der Waals surface area (Å²) >= 11 is 0. The van der Waals surface area contributed by atoms with E-state index in [-0.39, 0.29) is 5.41 Å². The molecule has 0 saturated carbocycles. The lowest BCUT2D eigenvalue weighted by Gasteiger charge is -2.26. The third-order valence-corrected chi connectivity index (χ3v) is 5.68. The number of carboxylic acids is 1. The standard InChI is InChI=1S/C28H32O5/c1-4-31-26(27(29)30)20-21-10-14-24(15-11-21)32-18-19-33-25-16-12-23(13-17-25)28(2,3)22-8-6-5-7-9-22/h5-17,26H,4,18-20H2,1-3H3,(H,29,30). The maximum atomic E-state index is 11.2. The van der Waals surface area contributed by atoms with Gasteiger partial charge in [-0.2, -0.15) is 0 Å². The summed E-state index contributed by atoms with van der Waals surface area (Å²) in [6, 6.07) is 26.0. The van der Waals surface area contributed by atoms with E-state index < -0.39 is 12.1 Å². The number of carbonyl (C=O) groups is 1. The Kier molecular flexibility index (Phi) is 8.50. The molecule has 0 bridgehead atoms. The Labute approximate surface area is 195 Å². The van der Waals surface area contributed by atoms with Crippen LogP contribution in [0.3, 0.4) is 0 Å². The van der Waals surface area contributed by atoms with Crippen LogP contribution in [0, 0.1) is 0 Å². The Morgan fingerprint density at radius 1 is 0.818 bits per heavy atom. The molecule has 3 aromatic rings. The molecule has 5 nitrogen and oxygen atoms in total. The summed E-state index contributed by atoms with van der Waals surface area (Å²) < 4.78 is 16.8. The third-order valence-electron chi connectivity index (χ3n) is 5.68. The van der Waals surface area contributed by atoms with Gasteiger partial charge >= 0.3 is 5.97 Å². The average molecular weight is 449 g/mol. The van der Waals surface area contributed by atoms with Crippen molar-refractivity contribution in [3.63, 3.8) is 0 Å². The van der Waals surface area contributed by atoms with Crippen molar-refractivity contribution in [1.29, 1.82) is 0 Å². The maximum absolute atomic E-state index is 11.2. The van der Waals surface area contributed by atoms with Crippen molar-refractivity contribution in [2.75, 3.05) is 19.8 Å². The first-order valence-electron chi connectivity index (χ1n) is 11.2. The van der Waals surface area contributed by atoms with Gasteiger partial charge in [0.05, 0.1) is 0 Å². The van der Waals surface area contributed by atoms with Crippen LogP contribution in [0.15, 0.2) is 78.9 Å². The second kappa shape index (κ2) is 11.5. The van der Waals surface area contributed by atoms with Gasteiger partial charge in [-0.3, -0.25) is 0 Å². The highest BCUT2D eigenvalue weighted by atomic mass is 16.5. The molecule has 1 atom stereocenters. The molecule has 0 heterocycles. The molecule has 1 N–H and O–H groups in total. The lowest BCUT2D eigenvalue weighted by atomic mass is 9.78. The van der Waals surface area contributed by atoms with E-state index in [0.717, 1.165) is 11.3 Å². The minimum Gasteiger partial charge on any atom is -0.490 e. The molecule has 174 valence electrons. The molecule has 0 aliphatic heterocycles. The highest BCUT2D eigenvalue weighted by Crippen LogP contribution is 2.32. The summed E-state index contributed by atoms with van der Waals surface area (Å²) in [4.78, 5) is 11.2. The first-order valence-corrected chi connectivity index (χ1v) is 11.2. The van der Waals surface area contributed by atoms with Crippen LogP contribution in [0.25, 0.3) is 0 Å². The molecule has 0 amide bonds. The number of ether oxygens (including phenoxy) is 3. The van der Waals surface area contributed by atoms with Crippen molar-refractivity contribution in [2.24, 2.45) is 0 Å². The zero-order chi connectivity index (χ0) is 23.7. The Balaban J connectivity index is 1.46. The van der Waals surface area contributed by atoms with Gasteiger partial charge in [-0.25, -0.2) is 4.79 Å². The van der Waals surface area contributed by atoms with E-state index in [0.29, 0.717) is 32.0 Å². The Bertz CT molecular complexity index is 995. The Morgan fingerprint density at radius 3 is 1.85 bits per heavy atom. The number of aliphatic carboxylic acids is 1. The van der Waals surface area contributed by atoms with E-state index in [1.54, 1.807) is 6.92 Å². The van der Waals surface area contributed by atoms with Gasteiger partial charge in [-0.15, -0.1) is 0 Å². The topological polar surface area (TPSA) is 65.0 Å². The molecular formula is C28H32O5. The fourth-order valence-electron chi connectivity index (χ4n) is 3.66. The number of benzene rings is 3. The molecule has 1 unspecified atom stereocenters. The van der Waals surface area contributed by atoms with Gasteiger partial charge in [0, 0.05) is 18.4 Å². The van der Waals surface area contributed by atoms with Crippen LogP contribution < -0.4 is 9.47 Å². The van der Waals surface area contributed by atoms with Gasteiger partial charge in [0.2, 0.25) is 0 Å². The lowest BCUT2D eigenvalue weighted by Crippen LogP contribution is -2.26. The molecule has 0 radical (unpaired) electrons. The molecule has 0 saturated heterocycles. The molecule has 0 aliphatic rings. The van der Waals surface area contributed by atoms with Gasteiger partial charge in [0.1, 0.15) is 24.7 Å². The van der Waals surface area contributed by atoms with Crippen LogP contribution in [0.5, 0.6) is 11.5 Å². The summed E-state index contributed by atoms with van der Waals surface area (Å²) in [5.74, 6) is 0.564. The minimum absolute atomic E-state index is 0.0811. The molecule has 3 aromatic carbocycles. The van der Waals surface area contributed by atoms with Crippen molar-refractivity contribution in [1.82, 2.24) is 0 Å². The predicted octanol–water partition coefficient (Wildman–Crippen LogP) is 5.50. The van der Waals surface area contributed by atoms with Gasteiger partial charge in [-0.05, 0) is 47.9 Å². The predicted molar refractivity (Wildman–Crippen MR) is 129 cm³/mol. The van der Waals surface area contributed by atoms with E-state index in [9.17, 15) is 9.90 Å². The minimum atomic E-state index is -0.953. The summed E-state index contributed by atoms with van der Waals surface area (Å²) in [5.41, 5.74) is 3.31. The van der Waals surface area contributed by atoms with Gasteiger partial charge in [-0.1, -0.05) is 68.4 Å². The highest BCUT2D eigenvalue weighted by Gasteiger charge is 2.22. The first-order chi connectivity index (χ1) is 15.9. The van der Waals surface area contributed by atoms with E-state index in [1.807, 2.05) is 42.5 Å². The molecule has 0 aliphatic carbocycles. The van der Waals surface area contributed by atoms with Crippen LogP contribution in [0.1, 0.15) is 37.5 Å². The molecular weight excluding hydrogens is 416 g/mol. The molecule has 33 heavy (non-hydrogen) atoms. The van der Waals surface area contributed by atoms with Crippen molar-refractivity contribution in [2.45, 2.75) is 38.7 Å². The number of hydrogen-bond acceptors (Lipinski definition) is 4. The number of rotatable bonds is 12. The van der Waals surface area contributed by atoms with Crippen molar-refractivity contribution < 1.29 is 24.1 Å². The fourth-order valence-corrected chi connectivity index (χ4v) is 3.66. The van der Waals surface area contributed by atoms with E-state index >= 15 is 0 Å². The summed E-state index contributed by atoms with van der Waals surface area (Å²) in [5, 5.41) is 9.20. The maximum Gasteiger partial charge on any atom is 0.333 e. The lowest BCUT2D eigenvalue weighted by molar-refractivity contribution is -0.149. The van der Waals surface area contributed by atoms with Crippen LogP contribution in [-0.4, -0.2) is 37.0 Å². The molecule has 3 rings (SSSR count). The SMILES string of the molecule is CCOC(Cc1ccc(OCCOc2ccc(C(C)(C)c3ccccc3)cc2)cc1)C(=O)O. The van der Waals surface area contributed by atoms with Crippen molar-refractivity contribution in [3.8, 4) is 11.5 Å². The summed E-state index contributed by atoms with van der Waals surface area (Å²) in [7, 11) is 0. The van der Waals surface area contributed by atoms with Crippen LogP contribution >= 0.6 is 0 Å². The molecule has 0 spiro atoms. The quantitative estimate of drug-likeness (QED) is 0.371. The van der Waals surface area contributed by atoms with Gasteiger partial charge in [0.25, 0.3) is 0 Å². The molecule has 0 aromatic heterocycles. The molecule has 0 fully saturated rings. The van der Waals surface area contributed by atoms with E-state index in [4.69, 9.17) is 14.2 Å². The van der Waals surface area contributed by atoms with Gasteiger partial charge < -0.3 is 19.3 Å². The smallest absolute Gasteiger partial charge is 0.333 e. The highest BCUT2D eigenvalue weighted by molar-refractivity contribution is 5.72. The fraction of sp³-hybridized carbons (Fsp3) is 0.321. The Hall–Kier alpha value is -3.31.